The highest BCUT2D eigenvalue weighted by Crippen LogP contribution is 2.57. The van der Waals surface area contributed by atoms with Crippen molar-refractivity contribution in [1.82, 2.24) is 0 Å². The number of amides is 1. The molecule has 12 heteroatoms. The summed E-state index contributed by atoms with van der Waals surface area (Å²) in [6.07, 6.45) is -2.01. The lowest BCUT2D eigenvalue weighted by Crippen LogP contribution is -2.63. The molecule has 2 aliphatic rings. The van der Waals surface area contributed by atoms with Gasteiger partial charge in [-0.3, -0.25) is 14.5 Å². The molecule has 0 aromatic heterocycles. The van der Waals surface area contributed by atoms with E-state index in [1.165, 1.54) is 24.3 Å². The molecule has 1 fully saturated rings. The minimum atomic E-state index is -5.29. The number of alkyl halides is 3. The van der Waals surface area contributed by atoms with Gasteiger partial charge in [0.2, 0.25) is 0 Å². The van der Waals surface area contributed by atoms with Crippen molar-refractivity contribution in [2.75, 3.05) is 25.7 Å². The molecule has 0 unspecified atom stereocenters. The Morgan fingerprint density at radius 3 is 2.29 bits per heavy atom. The number of carbonyl (C=O) groups excluding carboxylic acids is 3. The second kappa shape index (κ2) is 14.5. The zero-order chi connectivity index (χ0) is 35.6. The second-order valence-corrected chi connectivity index (χ2v) is 13.5. The van der Waals surface area contributed by atoms with Crippen LogP contribution in [0.15, 0.2) is 66.2 Å². The molecule has 3 aromatic carbocycles. The first-order valence-corrected chi connectivity index (χ1v) is 16.5. The number of esters is 1. The van der Waals surface area contributed by atoms with Crippen molar-refractivity contribution in [2.45, 2.75) is 62.8 Å². The van der Waals surface area contributed by atoms with Gasteiger partial charge in [0.05, 0.1) is 25.8 Å². The van der Waals surface area contributed by atoms with Gasteiger partial charge in [-0.15, -0.1) is 0 Å². The Bertz CT molecular complexity index is 1750. The van der Waals surface area contributed by atoms with E-state index in [1.54, 1.807) is 19.2 Å². The Morgan fingerprint density at radius 1 is 1.00 bits per heavy atom. The zero-order valence-electron chi connectivity index (χ0n) is 27.2. The fraction of sp³-hybridized carbons (Fsp3) is 0.378. The molecule has 1 saturated carbocycles. The van der Waals surface area contributed by atoms with Crippen molar-refractivity contribution < 1.29 is 41.8 Å². The number of hydrogen-bond donors (Lipinski definition) is 0. The van der Waals surface area contributed by atoms with Crippen LogP contribution in [-0.2, 0) is 31.1 Å². The minimum absolute atomic E-state index is 0.0266. The average molecular weight is 719 g/mol. The molecule has 0 radical (unpaired) electrons. The quantitative estimate of drug-likeness (QED) is 0.146. The molecule has 1 spiro atoms. The predicted molar refractivity (Wildman–Crippen MR) is 181 cm³/mol. The van der Waals surface area contributed by atoms with Crippen LogP contribution >= 0.6 is 23.2 Å². The van der Waals surface area contributed by atoms with Crippen LogP contribution in [0.1, 0.15) is 66.1 Å². The van der Waals surface area contributed by atoms with Crippen molar-refractivity contribution in [1.29, 1.82) is 0 Å². The van der Waals surface area contributed by atoms with Crippen LogP contribution in [0.5, 0.6) is 5.75 Å². The standard InChI is InChI=1S/C37H36Cl2F3NO6/c1-23(21-49-22-24-7-9-30(47-2)10-8-24)15-27-16-25-18-32(39)26(20-44)17-31(25)35(27)11-13-36(14-12-35,34(46)48-3)43(33(45)37(40,41)42)29-6-4-5-28(38)19-29/h4-10,16-20,23H,11-15,21-22H2,1-3H3/t23-,35?,36?/m1/s1. The number of aldehydes is 1. The molecule has 0 aliphatic heterocycles. The summed E-state index contributed by atoms with van der Waals surface area (Å²) in [6.45, 7) is 2.86. The van der Waals surface area contributed by atoms with Crippen molar-refractivity contribution >= 4 is 53.1 Å². The summed E-state index contributed by atoms with van der Waals surface area (Å²) in [7, 11) is 2.69. The molecule has 0 N–H and O–H groups in total. The number of nitrogens with zero attached hydrogens (tertiary/aromatic N) is 1. The van der Waals surface area contributed by atoms with E-state index in [0.717, 1.165) is 35.1 Å². The van der Waals surface area contributed by atoms with E-state index in [0.29, 0.717) is 30.8 Å². The van der Waals surface area contributed by atoms with Crippen LogP contribution in [-0.4, -0.2) is 50.7 Å². The van der Waals surface area contributed by atoms with Crippen LogP contribution in [0.25, 0.3) is 6.08 Å². The first-order valence-electron chi connectivity index (χ1n) is 15.7. The summed E-state index contributed by atoms with van der Waals surface area (Å²) in [6, 6.07) is 16.4. The number of halogens is 5. The number of hydrogen-bond acceptors (Lipinski definition) is 6. The minimum Gasteiger partial charge on any atom is -0.497 e. The number of fused-ring (bicyclic) bond motifs is 2. The maximum atomic E-state index is 14.2. The van der Waals surface area contributed by atoms with Crippen LogP contribution in [0.4, 0.5) is 18.9 Å². The molecular formula is C37H36Cl2F3NO6. The normalized spacial score (nSPS) is 20.7. The van der Waals surface area contributed by atoms with Gasteiger partial charge < -0.3 is 14.2 Å². The number of carbonyl (C=O) groups is 3. The van der Waals surface area contributed by atoms with E-state index in [-0.39, 0.29) is 52.9 Å². The smallest absolute Gasteiger partial charge is 0.471 e. The molecular weight excluding hydrogens is 682 g/mol. The van der Waals surface area contributed by atoms with Crippen LogP contribution in [0.3, 0.4) is 0 Å². The number of benzene rings is 3. The maximum absolute atomic E-state index is 14.2. The van der Waals surface area contributed by atoms with E-state index in [2.05, 4.69) is 0 Å². The van der Waals surface area contributed by atoms with Crippen molar-refractivity contribution in [3.8, 4) is 5.75 Å². The lowest BCUT2D eigenvalue weighted by molar-refractivity contribution is -0.174. The third kappa shape index (κ3) is 7.23. The van der Waals surface area contributed by atoms with Crippen LogP contribution in [0, 0.1) is 5.92 Å². The van der Waals surface area contributed by atoms with Crippen LogP contribution in [0.2, 0.25) is 10.0 Å². The van der Waals surface area contributed by atoms with Gasteiger partial charge in [-0.1, -0.05) is 60.0 Å². The average Bonchev–Trinajstić information content (AvgIpc) is 3.35. The Balaban J connectivity index is 1.48. The third-order valence-electron chi connectivity index (χ3n) is 9.59. The van der Waals surface area contributed by atoms with Gasteiger partial charge in [0.1, 0.15) is 11.3 Å². The number of methoxy groups -OCH3 is 2. The molecule has 0 bridgehead atoms. The highest BCUT2D eigenvalue weighted by molar-refractivity contribution is 6.33. The molecule has 0 saturated heterocycles. The molecule has 7 nitrogen and oxygen atoms in total. The first kappa shape index (κ1) is 36.4. The van der Waals surface area contributed by atoms with E-state index in [1.807, 2.05) is 37.3 Å². The lowest BCUT2D eigenvalue weighted by Gasteiger charge is -2.50. The summed E-state index contributed by atoms with van der Waals surface area (Å²) < 4.78 is 58.9. The van der Waals surface area contributed by atoms with Crippen LogP contribution < -0.4 is 9.64 Å². The molecule has 3 aromatic rings. The third-order valence-corrected chi connectivity index (χ3v) is 10.2. The van der Waals surface area contributed by atoms with Crippen molar-refractivity contribution in [3.63, 3.8) is 0 Å². The first-order chi connectivity index (χ1) is 23.3. The maximum Gasteiger partial charge on any atom is 0.471 e. The summed E-state index contributed by atoms with van der Waals surface area (Å²) in [5.41, 5.74) is 0.933. The van der Waals surface area contributed by atoms with Gasteiger partial charge in [0.15, 0.2) is 6.29 Å². The molecule has 2 aliphatic carbocycles. The van der Waals surface area contributed by atoms with E-state index < -0.39 is 29.0 Å². The predicted octanol–water partition coefficient (Wildman–Crippen LogP) is 8.77. The van der Waals surface area contributed by atoms with E-state index in [4.69, 9.17) is 37.4 Å². The zero-order valence-corrected chi connectivity index (χ0v) is 28.8. The lowest BCUT2D eigenvalue weighted by atomic mass is 9.60. The summed E-state index contributed by atoms with van der Waals surface area (Å²) in [4.78, 5) is 39.2. The van der Waals surface area contributed by atoms with Gasteiger partial charge in [-0.25, -0.2) is 4.79 Å². The molecule has 49 heavy (non-hydrogen) atoms. The fourth-order valence-electron chi connectivity index (χ4n) is 7.21. The molecule has 260 valence electrons. The number of allylic oxidation sites excluding steroid dienone is 1. The second-order valence-electron chi connectivity index (χ2n) is 12.6. The highest BCUT2D eigenvalue weighted by Gasteiger charge is 2.59. The Hall–Kier alpha value is -3.86. The summed E-state index contributed by atoms with van der Waals surface area (Å²) >= 11 is 12.6. The topological polar surface area (TPSA) is 82.1 Å². The SMILES string of the molecule is COC(=O)C1(N(C(=O)C(F)(F)F)c2cccc(Cl)c2)CCC2(CC1)C(C[C@@H](C)COCc1ccc(OC)cc1)=Cc1cc(Cl)c(C=O)cc12. The fourth-order valence-corrected chi connectivity index (χ4v) is 7.61. The van der Waals surface area contributed by atoms with E-state index >= 15 is 0 Å². The number of anilines is 1. The van der Waals surface area contributed by atoms with E-state index in [9.17, 15) is 27.6 Å². The van der Waals surface area contributed by atoms with Gasteiger partial charge in [-0.2, -0.15) is 13.2 Å². The molecule has 0 heterocycles. The van der Waals surface area contributed by atoms with Gasteiger partial charge in [0.25, 0.3) is 0 Å². The van der Waals surface area contributed by atoms with Crippen molar-refractivity contribution in [3.05, 3.63) is 98.5 Å². The Morgan fingerprint density at radius 2 is 1.69 bits per heavy atom. The van der Waals surface area contributed by atoms with Gasteiger partial charge in [-0.05, 0) is 97.2 Å². The molecule has 5 rings (SSSR count). The van der Waals surface area contributed by atoms with Gasteiger partial charge in [0, 0.05) is 28.3 Å². The monoisotopic (exact) mass is 717 g/mol. The highest BCUT2D eigenvalue weighted by atomic mass is 35.5. The number of ether oxygens (including phenoxy) is 3. The summed E-state index contributed by atoms with van der Waals surface area (Å²) in [5.74, 6) is -2.39. The Labute approximate surface area is 292 Å². The van der Waals surface area contributed by atoms with Gasteiger partial charge >= 0.3 is 18.1 Å². The molecule has 1 amide bonds. The Kier molecular flexibility index (Phi) is 10.8. The molecule has 1 atom stereocenters. The summed E-state index contributed by atoms with van der Waals surface area (Å²) in [5, 5.41) is 0.376. The van der Waals surface area contributed by atoms with Crippen molar-refractivity contribution in [2.24, 2.45) is 5.92 Å². The number of rotatable bonds is 11. The largest absolute Gasteiger partial charge is 0.497 e.